The summed E-state index contributed by atoms with van der Waals surface area (Å²) in [5, 5.41) is 8.24. The van der Waals surface area contributed by atoms with Crippen LogP contribution in [0.2, 0.25) is 0 Å². The van der Waals surface area contributed by atoms with E-state index in [1.165, 1.54) is 0 Å². The number of anilines is 1. The normalized spacial score (nSPS) is 18.3. The fraction of sp³-hybridized carbons (Fsp3) is 0.818. The van der Waals surface area contributed by atoms with E-state index in [-0.39, 0.29) is 5.95 Å². The molecular weight excluding hydrogens is 297 g/mol. The third-order valence-corrected chi connectivity index (χ3v) is 3.52. The molecular formula is C11H16F5N5. The maximum absolute atomic E-state index is 13.1. The highest BCUT2D eigenvalue weighted by Crippen LogP contribution is 2.42. The second kappa shape index (κ2) is 5.74. The van der Waals surface area contributed by atoms with E-state index >= 15 is 0 Å². The largest absolute Gasteiger partial charge is 0.461 e. The molecule has 1 aromatic rings. The van der Waals surface area contributed by atoms with Crippen molar-refractivity contribution in [3.8, 4) is 0 Å². The lowest BCUT2D eigenvalue weighted by atomic mass is 9.97. The quantitative estimate of drug-likeness (QED) is 0.834. The molecule has 0 bridgehead atoms. The first-order chi connectivity index (χ1) is 9.75. The first-order valence-corrected chi connectivity index (χ1v) is 6.52. The molecule has 0 aromatic carbocycles. The van der Waals surface area contributed by atoms with E-state index in [1.54, 1.807) is 10.00 Å². The van der Waals surface area contributed by atoms with E-state index in [1.807, 2.05) is 7.05 Å². The zero-order valence-corrected chi connectivity index (χ0v) is 11.3. The Hall–Kier alpha value is -1.45. The Balaban J connectivity index is 2.05. The van der Waals surface area contributed by atoms with Crippen molar-refractivity contribution in [3.05, 3.63) is 5.82 Å². The summed E-state index contributed by atoms with van der Waals surface area (Å²) in [6, 6.07) is 0. The van der Waals surface area contributed by atoms with Crippen molar-refractivity contribution >= 4 is 5.95 Å². The molecule has 10 heteroatoms. The first-order valence-electron chi connectivity index (χ1n) is 6.52. The van der Waals surface area contributed by atoms with E-state index in [0.717, 1.165) is 19.4 Å². The average Bonchev–Trinajstić information content (AvgIpc) is 2.89. The van der Waals surface area contributed by atoms with Crippen molar-refractivity contribution in [1.29, 1.82) is 0 Å². The van der Waals surface area contributed by atoms with Gasteiger partial charge in [0.15, 0.2) is 0 Å². The molecule has 1 aliphatic heterocycles. The molecule has 2 N–H and O–H groups in total. The van der Waals surface area contributed by atoms with Crippen molar-refractivity contribution in [2.45, 2.75) is 24.9 Å². The summed E-state index contributed by atoms with van der Waals surface area (Å²) in [5.74, 6) is -6.15. The van der Waals surface area contributed by atoms with Crippen LogP contribution >= 0.6 is 0 Å². The molecule has 0 atom stereocenters. The molecule has 1 aromatic heterocycles. The number of nitrogens with zero attached hydrogens (tertiary/aromatic N) is 3. The molecule has 0 spiro atoms. The van der Waals surface area contributed by atoms with Gasteiger partial charge in [0.25, 0.3) is 0 Å². The number of rotatable bonds is 4. The number of halogens is 5. The number of hydrogen-bond donors (Lipinski definition) is 2. The van der Waals surface area contributed by atoms with E-state index in [0.29, 0.717) is 19.0 Å². The highest BCUT2D eigenvalue weighted by Gasteiger charge is 2.61. The summed E-state index contributed by atoms with van der Waals surface area (Å²) in [5.41, 5.74) is 0. The highest BCUT2D eigenvalue weighted by molar-refractivity contribution is 5.30. The van der Waals surface area contributed by atoms with E-state index in [4.69, 9.17) is 0 Å². The highest BCUT2D eigenvalue weighted by atomic mass is 19.4. The molecule has 1 aliphatic rings. The molecule has 2 rings (SSSR count). The first kappa shape index (κ1) is 15.9. The lowest BCUT2D eigenvalue weighted by Gasteiger charge is -2.31. The number of aromatic nitrogens is 3. The van der Waals surface area contributed by atoms with Gasteiger partial charge in [-0.2, -0.15) is 26.9 Å². The Labute approximate surface area is 117 Å². The van der Waals surface area contributed by atoms with Gasteiger partial charge in [-0.15, -0.1) is 5.10 Å². The number of hydrogen-bond acceptors (Lipinski definition) is 4. The van der Waals surface area contributed by atoms with Crippen molar-refractivity contribution < 1.29 is 22.0 Å². The number of nitrogens with one attached hydrogen (secondary N) is 2. The molecule has 2 heterocycles. The van der Waals surface area contributed by atoms with Gasteiger partial charge in [-0.3, -0.25) is 5.10 Å². The predicted octanol–water partition coefficient (Wildman–Crippen LogP) is 1.89. The zero-order valence-electron chi connectivity index (χ0n) is 11.3. The molecule has 21 heavy (non-hydrogen) atoms. The number of piperidine rings is 1. The minimum atomic E-state index is -5.69. The van der Waals surface area contributed by atoms with Gasteiger partial charge in [0, 0.05) is 13.1 Å². The number of H-pyrrole nitrogens is 1. The summed E-state index contributed by atoms with van der Waals surface area (Å²) >= 11 is 0. The van der Waals surface area contributed by atoms with Crippen LogP contribution < -0.4 is 10.2 Å². The molecule has 0 aliphatic carbocycles. The standard InChI is InChI=1S/C11H16F5N5/c1-17-6-7-2-4-21(5-3-7)9-18-8(19-20-9)10(12,13)11(14,15)16/h7,17H,2-6H2,1H3,(H,18,19,20). The van der Waals surface area contributed by atoms with E-state index in [9.17, 15) is 22.0 Å². The summed E-state index contributed by atoms with van der Waals surface area (Å²) in [6.07, 6.45) is -4.08. The Kier molecular flexibility index (Phi) is 4.35. The summed E-state index contributed by atoms with van der Waals surface area (Å²) < 4.78 is 63.0. The van der Waals surface area contributed by atoms with Gasteiger partial charge < -0.3 is 10.2 Å². The van der Waals surface area contributed by atoms with Crippen LogP contribution in [0.4, 0.5) is 27.9 Å². The molecule has 0 saturated carbocycles. The van der Waals surface area contributed by atoms with Crippen LogP contribution in [0.15, 0.2) is 0 Å². The van der Waals surface area contributed by atoms with Gasteiger partial charge >= 0.3 is 12.1 Å². The van der Waals surface area contributed by atoms with Gasteiger partial charge in [0.05, 0.1) is 0 Å². The Morgan fingerprint density at radius 3 is 2.38 bits per heavy atom. The van der Waals surface area contributed by atoms with Crippen LogP contribution in [0.3, 0.4) is 0 Å². The van der Waals surface area contributed by atoms with Gasteiger partial charge in [-0.25, -0.2) is 0 Å². The molecule has 0 radical (unpaired) electrons. The topological polar surface area (TPSA) is 56.8 Å². The summed E-state index contributed by atoms with van der Waals surface area (Å²) in [4.78, 5) is 4.93. The monoisotopic (exact) mass is 313 g/mol. The van der Waals surface area contributed by atoms with E-state index < -0.39 is 17.9 Å². The third kappa shape index (κ3) is 3.25. The molecule has 1 saturated heterocycles. The Morgan fingerprint density at radius 2 is 1.86 bits per heavy atom. The van der Waals surface area contributed by atoms with Crippen LogP contribution in [0.1, 0.15) is 18.7 Å². The fourth-order valence-electron chi connectivity index (χ4n) is 2.29. The number of aromatic amines is 1. The van der Waals surface area contributed by atoms with Gasteiger partial charge in [0.2, 0.25) is 11.8 Å². The Morgan fingerprint density at radius 1 is 1.24 bits per heavy atom. The lowest BCUT2D eigenvalue weighted by Crippen LogP contribution is -2.37. The predicted molar refractivity (Wildman–Crippen MR) is 65.2 cm³/mol. The lowest BCUT2D eigenvalue weighted by molar-refractivity contribution is -0.292. The smallest absolute Gasteiger partial charge is 0.340 e. The Bertz CT molecular complexity index is 464. The van der Waals surface area contributed by atoms with Crippen LogP contribution in [0, 0.1) is 5.92 Å². The number of alkyl halides is 5. The van der Waals surface area contributed by atoms with Gasteiger partial charge in [0.1, 0.15) is 0 Å². The third-order valence-electron chi connectivity index (χ3n) is 3.52. The van der Waals surface area contributed by atoms with Gasteiger partial charge in [-0.05, 0) is 32.4 Å². The van der Waals surface area contributed by atoms with Crippen molar-refractivity contribution in [2.24, 2.45) is 5.92 Å². The maximum atomic E-state index is 13.1. The van der Waals surface area contributed by atoms with E-state index in [2.05, 4.69) is 15.4 Å². The fourth-order valence-corrected chi connectivity index (χ4v) is 2.29. The van der Waals surface area contributed by atoms with Crippen LogP contribution in [-0.4, -0.2) is 48.0 Å². The summed E-state index contributed by atoms with van der Waals surface area (Å²) in [6.45, 7) is 1.90. The SMILES string of the molecule is CNCC1CCN(c2n[nH]c(C(F)(F)C(F)(F)F)n2)CC1. The van der Waals surface area contributed by atoms with Crippen molar-refractivity contribution in [3.63, 3.8) is 0 Å². The molecule has 5 nitrogen and oxygen atoms in total. The van der Waals surface area contributed by atoms with Gasteiger partial charge in [-0.1, -0.05) is 0 Å². The average molecular weight is 313 g/mol. The summed E-state index contributed by atoms with van der Waals surface area (Å²) in [7, 11) is 1.84. The van der Waals surface area contributed by atoms with Crippen LogP contribution in [-0.2, 0) is 5.92 Å². The second-order valence-corrected chi connectivity index (χ2v) is 5.04. The van der Waals surface area contributed by atoms with Crippen molar-refractivity contribution in [2.75, 3.05) is 31.6 Å². The minimum Gasteiger partial charge on any atom is -0.340 e. The van der Waals surface area contributed by atoms with Crippen molar-refractivity contribution in [1.82, 2.24) is 20.5 Å². The van der Waals surface area contributed by atoms with Crippen LogP contribution in [0.25, 0.3) is 0 Å². The molecule has 1 fully saturated rings. The minimum absolute atomic E-state index is 0.114. The second-order valence-electron chi connectivity index (χ2n) is 5.04. The van der Waals surface area contributed by atoms with Crippen LogP contribution in [0.5, 0.6) is 0 Å². The molecule has 120 valence electrons. The molecule has 0 amide bonds. The molecule has 0 unspecified atom stereocenters. The maximum Gasteiger partial charge on any atom is 0.461 e. The zero-order chi connectivity index (χ0) is 15.7.